The van der Waals surface area contributed by atoms with Crippen LogP contribution in [-0.4, -0.2) is 56.8 Å². The lowest BCUT2D eigenvalue weighted by molar-refractivity contribution is -0.153. The second kappa shape index (κ2) is 7.80. The van der Waals surface area contributed by atoms with Gasteiger partial charge in [0.25, 0.3) is 15.9 Å². The van der Waals surface area contributed by atoms with E-state index in [9.17, 15) is 18.0 Å². The van der Waals surface area contributed by atoms with Crippen molar-refractivity contribution in [1.82, 2.24) is 10.2 Å². The fourth-order valence-corrected chi connectivity index (χ4v) is 4.38. The van der Waals surface area contributed by atoms with Crippen molar-refractivity contribution in [1.29, 1.82) is 0 Å². The molecule has 2 aliphatic heterocycles. The quantitative estimate of drug-likeness (QED) is 0.586. The summed E-state index contributed by atoms with van der Waals surface area (Å²) in [5.41, 5.74) is 0.476. The van der Waals surface area contributed by atoms with Gasteiger partial charge in [-0.2, -0.15) is 8.42 Å². The van der Waals surface area contributed by atoms with Crippen LogP contribution in [0.4, 0.5) is 0 Å². The van der Waals surface area contributed by atoms with Crippen LogP contribution in [0, 0.1) is 12.3 Å². The number of esters is 1. The zero-order valence-electron chi connectivity index (χ0n) is 14.6. The van der Waals surface area contributed by atoms with Crippen molar-refractivity contribution in [3.8, 4) is 12.3 Å². The Hall–Kier alpha value is -2.86. The fourth-order valence-electron chi connectivity index (χ4n) is 3.16. The van der Waals surface area contributed by atoms with Crippen molar-refractivity contribution in [3.63, 3.8) is 0 Å². The number of fused-ring (bicyclic) bond motifs is 1. The molecule has 0 spiro atoms. The first-order valence-electron chi connectivity index (χ1n) is 8.52. The highest BCUT2D eigenvalue weighted by molar-refractivity contribution is 7.90. The van der Waals surface area contributed by atoms with Crippen LogP contribution in [0.3, 0.4) is 0 Å². The van der Waals surface area contributed by atoms with E-state index in [1.165, 1.54) is 6.07 Å². The Morgan fingerprint density at radius 3 is 2.89 bits per heavy atom. The number of amides is 1. The van der Waals surface area contributed by atoms with E-state index in [0.717, 1.165) is 12.8 Å². The standard InChI is InChI=1S/C18H19N3O5S/c1-2-10-19-16(22)12-26-18(23)14-8-5-6-11-21(14)17-13-7-3-4-9-15(13)27(24,25)20-17/h1,3-4,7,9,14H,5-6,8,10-12H2,(H,19,22)/t14-/m1/s1. The molecule has 0 unspecified atom stereocenters. The third-order valence-electron chi connectivity index (χ3n) is 4.39. The van der Waals surface area contributed by atoms with Crippen LogP contribution in [0.15, 0.2) is 33.6 Å². The monoisotopic (exact) mass is 389 g/mol. The van der Waals surface area contributed by atoms with E-state index >= 15 is 0 Å². The molecular formula is C18H19N3O5S. The molecule has 9 heteroatoms. The number of carbonyl (C=O) groups is 2. The van der Waals surface area contributed by atoms with Gasteiger partial charge in [-0.1, -0.05) is 18.1 Å². The normalized spacial score (nSPS) is 20.2. The topological polar surface area (TPSA) is 105 Å². The van der Waals surface area contributed by atoms with Gasteiger partial charge in [0.2, 0.25) is 0 Å². The van der Waals surface area contributed by atoms with Crippen LogP contribution in [0.2, 0.25) is 0 Å². The number of nitrogens with one attached hydrogen (secondary N) is 1. The average molecular weight is 389 g/mol. The Morgan fingerprint density at radius 1 is 1.33 bits per heavy atom. The highest BCUT2D eigenvalue weighted by atomic mass is 32.2. The molecule has 0 aromatic heterocycles. The number of ether oxygens (including phenoxy) is 1. The van der Waals surface area contributed by atoms with Crippen LogP contribution >= 0.6 is 0 Å². The van der Waals surface area contributed by atoms with Crippen LogP contribution in [0.5, 0.6) is 0 Å². The number of benzene rings is 1. The zero-order chi connectivity index (χ0) is 19.4. The second-order valence-corrected chi connectivity index (χ2v) is 7.75. The molecule has 1 N–H and O–H groups in total. The predicted octanol–water partition coefficient (Wildman–Crippen LogP) is 0.283. The number of sulfonamides is 1. The Kier molecular flexibility index (Phi) is 5.46. The SMILES string of the molecule is C#CCNC(=O)COC(=O)[C@H]1CCCCN1C1=NS(=O)(=O)c2ccccc21. The molecule has 142 valence electrons. The predicted molar refractivity (Wildman–Crippen MR) is 97.3 cm³/mol. The van der Waals surface area contributed by atoms with Gasteiger partial charge in [-0.25, -0.2) is 4.79 Å². The first kappa shape index (κ1) is 18.9. The van der Waals surface area contributed by atoms with Crippen molar-refractivity contribution < 1.29 is 22.7 Å². The summed E-state index contributed by atoms with van der Waals surface area (Å²) in [5, 5.41) is 2.41. The summed E-state index contributed by atoms with van der Waals surface area (Å²) in [6, 6.07) is 5.82. The number of rotatable bonds is 4. The highest BCUT2D eigenvalue weighted by Crippen LogP contribution is 2.30. The van der Waals surface area contributed by atoms with Gasteiger partial charge in [-0.05, 0) is 31.4 Å². The molecule has 0 saturated carbocycles. The maximum absolute atomic E-state index is 12.5. The Labute approximate surface area is 157 Å². The lowest BCUT2D eigenvalue weighted by Gasteiger charge is -2.35. The van der Waals surface area contributed by atoms with E-state index in [0.29, 0.717) is 18.5 Å². The van der Waals surface area contributed by atoms with E-state index in [4.69, 9.17) is 11.2 Å². The number of nitrogens with zero attached hydrogens (tertiary/aromatic N) is 2. The molecule has 3 rings (SSSR count). The van der Waals surface area contributed by atoms with E-state index < -0.39 is 34.5 Å². The van der Waals surface area contributed by atoms with Gasteiger partial charge < -0.3 is 15.0 Å². The number of amidine groups is 1. The Balaban J connectivity index is 1.78. The largest absolute Gasteiger partial charge is 0.454 e. The van der Waals surface area contributed by atoms with E-state index in [1.54, 1.807) is 23.1 Å². The van der Waals surface area contributed by atoms with Crippen molar-refractivity contribution >= 4 is 27.7 Å². The van der Waals surface area contributed by atoms with Crippen LogP contribution < -0.4 is 5.32 Å². The number of likely N-dealkylation sites (tertiary alicyclic amines) is 1. The molecule has 1 saturated heterocycles. The van der Waals surface area contributed by atoms with Gasteiger partial charge in [0, 0.05) is 12.1 Å². The summed E-state index contributed by atoms with van der Waals surface area (Å²) in [7, 11) is -3.78. The lowest BCUT2D eigenvalue weighted by atomic mass is 10.0. The summed E-state index contributed by atoms with van der Waals surface area (Å²) >= 11 is 0. The second-order valence-electron chi connectivity index (χ2n) is 6.18. The minimum Gasteiger partial charge on any atom is -0.454 e. The molecule has 1 atom stereocenters. The van der Waals surface area contributed by atoms with Gasteiger partial charge in [0.1, 0.15) is 10.9 Å². The average Bonchev–Trinajstić information content (AvgIpc) is 2.95. The molecule has 2 aliphatic rings. The van der Waals surface area contributed by atoms with Crippen molar-refractivity contribution in [3.05, 3.63) is 29.8 Å². The summed E-state index contributed by atoms with van der Waals surface area (Å²) in [6.07, 6.45) is 7.14. The summed E-state index contributed by atoms with van der Waals surface area (Å²) < 4.78 is 33.6. The summed E-state index contributed by atoms with van der Waals surface area (Å²) in [6.45, 7) is 0.0926. The number of hydrogen-bond donors (Lipinski definition) is 1. The highest BCUT2D eigenvalue weighted by Gasteiger charge is 2.38. The lowest BCUT2D eigenvalue weighted by Crippen LogP contribution is -2.49. The molecule has 1 aromatic rings. The Morgan fingerprint density at radius 2 is 2.11 bits per heavy atom. The van der Waals surface area contributed by atoms with Crippen LogP contribution in [0.1, 0.15) is 24.8 Å². The number of piperidine rings is 1. The summed E-state index contributed by atoms with van der Waals surface area (Å²) in [5.74, 6) is 1.43. The van der Waals surface area contributed by atoms with E-state index in [2.05, 4.69) is 15.6 Å². The van der Waals surface area contributed by atoms with Gasteiger partial charge in [0.05, 0.1) is 6.54 Å². The molecule has 27 heavy (non-hydrogen) atoms. The van der Waals surface area contributed by atoms with Gasteiger partial charge in [0.15, 0.2) is 12.4 Å². The third kappa shape index (κ3) is 3.95. The first-order valence-corrected chi connectivity index (χ1v) is 9.96. The first-order chi connectivity index (χ1) is 12.9. The molecule has 1 aromatic carbocycles. The minimum atomic E-state index is -3.78. The number of carbonyl (C=O) groups excluding carboxylic acids is 2. The molecule has 0 radical (unpaired) electrons. The van der Waals surface area contributed by atoms with Crippen molar-refractivity contribution in [2.24, 2.45) is 4.40 Å². The molecular weight excluding hydrogens is 370 g/mol. The molecule has 0 bridgehead atoms. The smallest absolute Gasteiger partial charge is 0.329 e. The minimum absolute atomic E-state index is 0.0530. The number of hydrogen-bond acceptors (Lipinski definition) is 6. The molecule has 2 heterocycles. The Bertz CT molecular complexity index is 933. The fraction of sp³-hybridized carbons (Fsp3) is 0.389. The van der Waals surface area contributed by atoms with E-state index in [1.807, 2.05) is 0 Å². The van der Waals surface area contributed by atoms with Crippen LogP contribution in [0.25, 0.3) is 0 Å². The van der Waals surface area contributed by atoms with Crippen molar-refractivity contribution in [2.45, 2.75) is 30.2 Å². The van der Waals surface area contributed by atoms with Gasteiger partial charge in [-0.3, -0.25) is 4.79 Å². The zero-order valence-corrected chi connectivity index (χ0v) is 15.4. The third-order valence-corrected chi connectivity index (χ3v) is 5.72. The molecule has 1 amide bonds. The van der Waals surface area contributed by atoms with Crippen LogP contribution in [-0.2, 0) is 24.3 Å². The maximum Gasteiger partial charge on any atom is 0.329 e. The van der Waals surface area contributed by atoms with Gasteiger partial charge in [-0.15, -0.1) is 10.8 Å². The summed E-state index contributed by atoms with van der Waals surface area (Å²) in [4.78, 5) is 25.9. The maximum atomic E-state index is 12.5. The molecule has 1 fully saturated rings. The van der Waals surface area contributed by atoms with Crippen molar-refractivity contribution in [2.75, 3.05) is 19.7 Å². The molecule has 0 aliphatic carbocycles. The number of terminal acetylenes is 1. The molecule has 8 nitrogen and oxygen atoms in total. The van der Waals surface area contributed by atoms with Gasteiger partial charge >= 0.3 is 5.97 Å². The van der Waals surface area contributed by atoms with E-state index in [-0.39, 0.29) is 17.3 Å².